The summed E-state index contributed by atoms with van der Waals surface area (Å²) in [5, 5.41) is 8.74. The number of aryl methyl sites for hydroxylation is 1. The van der Waals surface area contributed by atoms with Crippen LogP contribution >= 0.6 is 0 Å². The van der Waals surface area contributed by atoms with Crippen molar-refractivity contribution in [1.82, 2.24) is 4.98 Å². The molecule has 1 aromatic heterocycles. The third-order valence-electron chi connectivity index (χ3n) is 2.95. The number of pyridine rings is 1. The highest BCUT2D eigenvalue weighted by molar-refractivity contribution is 5.59. The Hall–Kier alpha value is -2.34. The van der Waals surface area contributed by atoms with Gasteiger partial charge in [-0.3, -0.25) is 0 Å². The van der Waals surface area contributed by atoms with Crippen LogP contribution in [0.2, 0.25) is 0 Å². The van der Waals surface area contributed by atoms with Crippen molar-refractivity contribution < 1.29 is 0 Å². The number of benzene rings is 1. The van der Waals surface area contributed by atoms with Crippen LogP contribution in [0.3, 0.4) is 0 Å². The van der Waals surface area contributed by atoms with E-state index in [0.29, 0.717) is 5.56 Å². The Balaban J connectivity index is 2.23. The fourth-order valence-corrected chi connectivity index (χ4v) is 1.74. The predicted octanol–water partition coefficient (Wildman–Crippen LogP) is 3.28. The van der Waals surface area contributed by atoms with E-state index in [9.17, 15) is 0 Å². The summed E-state index contributed by atoms with van der Waals surface area (Å²) in [6, 6.07) is 14.1. The van der Waals surface area contributed by atoms with Gasteiger partial charge in [0.1, 0.15) is 11.9 Å². The van der Waals surface area contributed by atoms with Gasteiger partial charge in [-0.05, 0) is 36.2 Å². The lowest BCUT2D eigenvalue weighted by atomic mass is 10.1. The Morgan fingerprint density at radius 3 is 2.39 bits per heavy atom. The Kier molecular flexibility index (Phi) is 3.59. The summed E-state index contributed by atoms with van der Waals surface area (Å²) in [5.74, 6) is 0.832. The summed E-state index contributed by atoms with van der Waals surface area (Å²) in [7, 11) is 1.97. The molecule has 0 amide bonds. The number of rotatable bonds is 3. The van der Waals surface area contributed by atoms with Crippen LogP contribution in [-0.4, -0.2) is 12.0 Å². The summed E-state index contributed by atoms with van der Waals surface area (Å²) < 4.78 is 0. The first-order valence-corrected chi connectivity index (χ1v) is 5.93. The van der Waals surface area contributed by atoms with Gasteiger partial charge in [0.25, 0.3) is 0 Å². The van der Waals surface area contributed by atoms with E-state index in [1.165, 1.54) is 5.56 Å². The average Bonchev–Trinajstić information content (AvgIpc) is 2.47. The van der Waals surface area contributed by atoms with E-state index in [1.54, 1.807) is 12.3 Å². The number of hydrogen-bond donors (Lipinski definition) is 0. The van der Waals surface area contributed by atoms with Crippen molar-refractivity contribution >= 4 is 11.5 Å². The smallest absolute Gasteiger partial charge is 0.132 e. The number of anilines is 2. The molecule has 0 unspecified atom stereocenters. The summed E-state index contributed by atoms with van der Waals surface area (Å²) in [4.78, 5) is 6.27. The summed E-state index contributed by atoms with van der Waals surface area (Å²) in [6.07, 6.45) is 2.63. The molecule has 90 valence electrons. The lowest BCUT2D eigenvalue weighted by Crippen LogP contribution is -2.10. The number of hydrogen-bond acceptors (Lipinski definition) is 3. The largest absolute Gasteiger partial charge is 0.329 e. The molecule has 0 fully saturated rings. The van der Waals surface area contributed by atoms with Crippen molar-refractivity contribution in [3.63, 3.8) is 0 Å². The SMILES string of the molecule is CCc1ccc(N(C)c2ccc(C#N)cn2)cc1. The zero-order valence-corrected chi connectivity index (χ0v) is 10.6. The van der Waals surface area contributed by atoms with E-state index < -0.39 is 0 Å². The third kappa shape index (κ3) is 2.49. The molecule has 0 radical (unpaired) electrons. The van der Waals surface area contributed by atoms with Gasteiger partial charge in [-0.2, -0.15) is 5.26 Å². The average molecular weight is 237 g/mol. The number of aromatic nitrogens is 1. The predicted molar refractivity (Wildman–Crippen MR) is 72.8 cm³/mol. The maximum atomic E-state index is 8.74. The van der Waals surface area contributed by atoms with E-state index in [0.717, 1.165) is 17.9 Å². The molecule has 2 aromatic rings. The molecule has 18 heavy (non-hydrogen) atoms. The molecule has 0 saturated carbocycles. The van der Waals surface area contributed by atoms with Crippen molar-refractivity contribution in [2.24, 2.45) is 0 Å². The van der Waals surface area contributed by atoms with Crippen LogP contribution in [0.25, 0.3) is 0 Å². The summed E-state index contributed by atoms with van der Waals surface area (Å²) in [5.41, 5.74) is 2.98. The molecule has 1 heterocycles. The molecule has 2 rings (SSSR count). The summed E-state index contributed by atoms with van der Waals surface area (Å²) >= 11 is 0. The van der Waals surface area contributed by atoms with Gasteiger partial charge in [0.15, 0.2) is 0 Å². The van der Waals surface area contributed by atoms with Crippen LogP contribution in [0.15, 0.2) is 42.6 Å². The Bertz CT molecular complexity index is 550. The van der Waals surface area contributed by atoms with Crippen molar-refractivity contribution in [3.05, 3.63) is 53.7 Å². The molecule has 1 aromatic carbocycles. The molecule has 0 atom stereocenters. The maximum absolute atomic E-state index is 8.74. The molecule has 0 saturated heterocycles. The molecule has 0 N–H and O–H groups in total. The topological polar surface area (TPSA) is 39.9 Å². The van der Waals surface area contributed by atoms with Gasteiger partial charge in [-0.15, -0.1) is 0 Å². The second-order valence-electron chi connectivity index (χ2n) is 4.10. The molecule has 0 aliphatic carbocycles. The third-order valence-corrected chi connectivity index (χ3v) is 2.95. The fraction of sp³-hybridized carbons (Fsp3) is 0.200. The Morgan fingerprint density at radius 2 is 1.89 bits per heavy atom. The lowest BCUT2D eigenvalue weighted by Gasteiger charge is -2.18. The van der Waals surface area contributed by atoms with Gasteiger partial charge in [0.2, 0.25) is 0 Å². The van der Waals surface area contributed by atoms with Crippen molar-refractivity contribution in [2.75, 3.05) is 11.9 Å². The molecule has 0 bridgehead atoms. The number of nitrogens with zero attached hydrogens (tertiary/aromatic N) is 3. The molecule has 3 heteroatoms. The van der Waals surface area contributed by atoms with Gasteiger partial charge in [0.05, 0.1) is 5.56 Å². The molecule has 0 spiro atoms. The van der Waals surface area contributed by atoms with Crippen LogP contribution < -0.4 is 4.90 Å². The van der Waals surface area contributed by atoms with E-state index in [1.807, 2.05) is 18.0 Å². The van der Waals surface area contributed by atoms with E-state index >= 15 is 0 Å². The highest BCUT2D eigenvalue weighted by Crippen LogP contribution is 2.21. The zero-order valence-electron chi connectivity index (χ0n) is 10.6. The Morgan fingerprint density at radius 1 is 1.17 bits per heavy atom. The quantitative estimate of drug-likeness (QED) is 0.822. The first-order valence-electron chi connectivity index (χ1n) is 5.93. The van der Waals surface area contributed by atoms with Crippen LogP contribution in [0, 0.1) is 11.3 Å². The van der Waals surface area contributed by atoms with Gasteiger partial charge < -0.3 is 4.90 Å². The van der Waals surface area contributed by atoms with Crippen molar-refractivity contribution in [1.29, 1.82) is 5.26 Å². The molecular weight excluding hydrogens is 222 g/mol. The minimum atomic E-state index is 0.577. The van der Waals surface area contributed by atoms with Crippen molar-refractivity contribution in [3.8, 4) is 6.07 Å². The second kappa shape index (κ2) is 5.33. The maximum Gasteiger partial charge on any atom is 0.132 e. The van der Waals surface area contributed by atoms with E-state index in [2.05, 4.69) is 42.2 Å². The van der Waals surface area contributed by atoms with Gasteiger partial charge in [-0.25, -0.2) is 4.98 Å². The normalized spacial score (nSPS) is 9.83. The second-order valence-corrected chi connectivity index (χ2v) is 4.10. The van der Waals surface area contributed by atoms with Crippen molar-refractivity contribution in [2.45, 2.75) is 13.3 Å². The molecule has 0 aliphatic rings. The van der Waals surface area contributed by atoms with Gasteiger partial charge in [0, 0.05) is 18.9 Å². The Labute approximate surface area is 107 Å². The monoisotopic (exact) mass is 237 g/mol. The number of nitriles is 1. The molecule has 0 aliphatic heterocycles. The highest BCUT2D eigenvalue weighted by Gasteiger charge is 2.05. The fourth-order valence-electron chi connectivity index (χ4n) is 1.74. The highest BCUT2D eigenvalue weighted by atomic mass is 15.2. The van der Waals surface area contributed by atoms with Crippen LogP contribution in [-0.2, 0) is 6.42 Å². The summed E-state index contributed by atoms with van der Waals surface area (Å²) in [6.45, 7) is 2.14. The minimum Gasteiger partial charge on any atom is -0.329 e. The molecular formula is C15H15N3. The first kappa shape index (κ1) is 12.1. The zero-order chi connectivity index (χ0) is 13.0. The lowest BCUT2D eigenvalue weighted by molar-refractivity contribution is 1.10. The first-order chi connectivity index (χ1) is 8.74. The van der Waals surface area contributed by atoms with Crippen LogP contribution in [0.5, 0.6) is 0 Å². The van der Waals surface area contributed by atoms with Gasteiger partial charge in [-0.1, -0.05) is 19.1 Å². The standard InChI is InChI=1S/C15H15N3/c1-3-12-4-7-14(8-5-12)18(2)15-9-6-13(10-16)11-17-15/h4-9,11H,3H2,1-2H3. The molecule has 3 nitrogen and oxygen atoms in total. The van der Waals surface area contributed by atoms with Crippen LogP contribution in [0.4, 0.5) is 11.5 Å². The minimum absolute atomic E-state index is 0.577. The van der Waals surface area contributed by atoms with Crippen LogP contribution in [0.1, 0.15) is 18.1 Å². The van der Waals surface area contributed by atoms with E-state index in [4.69, 9.17) is 5.26 Å². The van der Waals surface area contributed by atoms with Gasteiger partial charge >= 0.3 is 0 Å². The van der Waals surface area contributed by atoms with E-state index in [-0.39, 0.29) is 0 Å².